The summed E-state index contributed by atoms with van der Waals surface area (Å²) in [5, 5.41) is 6.83. The van der Waals surface area contributed by atoms with Crippen LogP contribution in [-0.2, 0) is 11.2 Å². The van der Waals surface area contributed by atoms with E-state index < -0.39 is 0 Å². The highest BCUT2D eigenvalue weighted by atomic mass is 35.5. The summed E-state index contributed by atoms with van der Waals surface area (Å²) in [7, 11) is 0. The highest BCUT2D eigenvalue weighted by Crippen LogP contribution is 2.25. The zero-order valence-electron chi connectivity index (χ0n) is 15.8. The molecule has 4 nitrogen and oxygen atoms in total. The molecule has 0 spiro atoms. The number of carbonyl (C=O) groups is 1. The third kappa shape index (κ3) is 7.00. The third-order valence-electron chi connectivity index (χ3n) is 4.18. The highest BCUT2D eigenvalue weighted by molar-refractivity contribution is 6.35. The van der Waals surface area contributed by atoms with Crippen LogP contribution in [0.25, 0.3) is 0 Å². The SMILES string of the molecule is O=C(CNc1ccccc1OCCCc1ccccc1)Nc1cc(Cl)cc(Cl)c1. The molecule has 0 aliphatic rings. The van der Waals surface area contributed by atoms with Crippen LogP contribution in [0.3, 0.4) is 0 Å². The third-order valence-corrected chi connectivity index (χ3v) is 4.62. The van der Waals surface area contributed by atoms with Crippen molar-refractivity contribution in [2.75, 3.05) is 23.8 Å². The topological polar surface area (TPSA) is 50.4 Å². The molecule has 0 aromatic heterocycles. The van der Waals surface area contributed by atoms with E-state index in [1.807, 2.05) is 42.5 Å². The van der Waals surface area contributed by atoms with E-state index in [0.29, 0.717) is 22.3 Å². The Bertz CT molecular complexity index is 928. The second-order valence-electron chi connectivity index (χ2n) is 6.49. The van der Waals surface area contributed by atoms with Crippen molar-refractivity contribution in [2.24, 2.45) is 0 Å². The molecule has 0 aliphatic carbocycles. The van der Waals surface area contributed by atoms with E-state index in [4.69, 9.17) is 27.9 Å². The van der Waals surface area contributed by atoms with Crippen molar-refractivity contribution in [2.45, 2.75) is 12.8 Å². The highest BCUT2D eigenvalue weighted by Gasteiger charge is 2.07. The number of aryl methyl sites for hydroxylation is 1. The van der Waals surface area contributed by atoms with Gasteiger partial charge in [0, 0.05) is 15.7 Å². The molecular weight excluding hydrogens is 407 g/mol. The minimum atomic E-state index is -0.206. The lowest BCUT2D eigenvalue weighted by molar-refractivity contribution is -0.114. The zero-order valence-corrected chi connectivity index (χ0v) is 17.3. The summed E-state index contributed by atoms with van der Waals surface area (Å²) in [6.45, 7) is 0.690. The number of hydrogen-bond acceptors (Lipinski definition) is 3. The van der Waals surface area contributed by atoms with Crippen molar-refractivity contribution in [1.29, 1.82) is 0 Å². The standard InChI is InChI=1S/C23H22Cl2N2O2/c24-18-13-19(25)15-20(14-18)27-23(28)16-26-21-10-4-5-11-22(21)29-12-6-9-17-7-2-1-3-8-17/h1-5,7-8,10-11,13-15,26H,6,9,12,16H2,(H,27,28). The van der Waals surface area contributed by atoms with Crippen molar-refractivity contribution >= 4 is 40.5 Å². The fraction of sp³-hybridized carbons (Fsp3) is 0.174. The minimum absolute atomic E-state index is 0.0918. The van der Waals surface area contributed by atoms with E-state index in [2.05, 4.69) is 22.8 Å². The van der Waals surface area contributed by atoms with Gasteiger partial charge in [0.2, 0.25) is 5.91 Å². The van der Waals surface area contributed by atoms with Crippen LogP contribution in [0.1, 0.15) is 12.0 Å². The Hall–Kier alpha value is -2.69. The van der Waals surface area contributed by atoms with E-state index in [1.165, 1.54) is 5.56 Å². The summed E-state index contributed by atoms with van der Waals surface area (Å²) in [4.78, 5) is 12.2. The van der Waals surface area contributed by atoms with Crippen molar-refractivity contribution in [3.05, 3.63) is 88.4 Å². The number of benzene rings is 3. The smallest absolute Gasteiger partial charge is 0.243 e. The van der Waals surface area contributed by atoms with E-state index in [-0.39, 0.29) is 12.5 Å². The lowest BCUT2D eigenvalue weighted by atomic mass is 10.1. The number of nitrogens with one attached hydrogen (secondary N) is 2. The largest absolute Gasteiger partial charge is 0.491 e. The molecule has 3 rings (SSSR count). The van der Waals surface area contributed by atoms with Gasteiger partial charge in [0.15, 0.2) is 0 Å². The second kappa shape index (κ2) is 10.7. The van der Waals surface area contributed by atoms with Crippen LogP contribution in [0, 0.1) is 0 Å². The van der Waals surface area contributed by atoms with Gasteiger partial charge in [-0.05, 0) is 48.7 Å². The maximum atomic E-state index is 12.2. The van der Waals surface area contributed by atoms with Crippen LogP contribution in [0.15, 0.2) is 72.8 Å². The minimum Gasteiger partial charge on any atom is -0.491 e. The molecular formula is C23H22Cl2N2O2. The average Bonchev–Trinajstić information content (AvgIpc) is 2.70. The molecule has 6 heteroatoms. The van der Waals surface area contributed by atoms with Gasteiger partial charge in [-0.15, -0.1) is 0 Å². The lowest BCUT2D eigenvalue weighted by Crippen LogP contribution is -2.22. The lowest BCUT2D eigenvalue weighted by Gasteiger charge is -2.13. The average molecular weight is 429 g/mol. The Morgan fingerprint density at radius 2 is 1.59 bits per heavy atom. The Labute approximate surface area is 180 Å². The first-order chi connectivity index (χ1) is 14.1. The van der Waals surface area contributed by atoms with Crippen molar-refractivity contribution in [3.8, 4) is 5.75 Å². The number of anilines is 2. The molecule has 0 aliphatic heterocycles. The molecule has 0 unspecified atom stereocenters. The zero-order chi connectivity index (χ0) is 20.5. The fourth-order valence-electron chi connectivity index (χ4n) is 2.85. The van der Waals surface area contributed by atoms with E-state index in [0.717, 1.165) is 24.3 Å². The molecule has 29 heavy (non-hydrogen) atoms. The Balaban J connectivity index is 1.48. The van der Waals surface area contributed by atoms with E-state index in [1.54, 1.807) is 18.2 Å². The predicted octanol–water partition coefficient (Wildman–Crippen LogP) is 6.06. The van der Waals surface area contributed by atoms with Gasteiger partial charge in [-0.25, -0.2) is 0 Å². The number of hydrogen-bond donors (Lipinski definition) is 2. The summed E-state index contributed by atoms with van der Waals surface area (Å²) >= 11 is 11.9. The molecule has 0 atom stereocenters. The van der Waals surface area contributed by atoms with Crippen LogP contribution in [0.2, 0.25) is 10.0 Å². The number of rotatable bonds is 9. The van der Waals surface area contributed by atoms with Crippen molar-refractivity contribution in [1.82, 2.24) is 0 Å². The first kappa shape index (κ1) is 21.0. The van der Waals surface area contributed by atoms with Gasteiger partial charge < -0.3 is 15.4 Å². The van der Waals surface area contributed by atoms with Crippen LogP contribution in [0.4, 0.5) is 11.4 Å². The van der Waals surface area contributed by atoms with Gasteiger partial charge in [-0.2, -0.15) is 0 Å². The molecule has 3 aromatic carbocycles. The fourth-order valence-corrected chi connectivity index (χ4v) is 3.37. The van der Waals surface area contributed by atoms with Crippen LogP contribution < -0.4 is 15.4 Å². The van der Waals surface area contributed by atoms with Gasteiger partial charge in [0.25, 0.3) is 0 Å². The first-order valence-corrected chi connectivity index (χ1v) is 10.1. The number of carbonyl (C=O) groups excluding carboxylic acids is 1. The molecule has 0 fully saturated rings. The first-order valence-electron chi connectivity index (χ1n) is 9.36. The van der Waals surface area contributed by atoms with Gasteiger partial charge in [0.05, 0.1) is 18.8 Å². The molecule has 0 saturated carbocycles. The van der Waals surface area contributed by atoms with Crippen LogP contribution in [0.5, 0.6) is 5.75 Å². The summed E-state index contributed by atoms with van der Waals surface area (Å²) in [5.41, 5.74) is 2.62. The van der Waals surface area contributed by atoms with Gasteiger partial charge >= 0.3 is 0 Å². The number of halogens is 2. The molecule has 1 amide bonds. The van der Waals surface area contributed by atoms with Crippen LogP contribution in [-0.4, -0.2) is 19.1 Å². The predicted molar refractivity (Wildman–Crippen MR) is 120 cm³/mol. The Kier molecular flexibility index (Phi) is 7.79. The van der Waals surface area contributed by atoms with Gasteiger partial charge in [-0.3, -0.25) is 4.79 Å². The maximum absolute atomic E-state index is 12.2. The number of ether oxygens (including phenoxy) is 1. The second-order valence-corrected chi connectivity index (χ2v) is 7.37. The van der Waals surface area contributed by atoms with E-state index >= 15 is 0 Å². The quantitative estimate of drug-likeness (QED) is 0.407. The summed E-state index contributed by atoms with van der Waals surface area (Å²) in [6.07, 6.45) is 1.87. The maximum Gasteiger partial charge on any atom is 0.243 e. The van der Waals surface area contributed by atoms with Crippen molar-refractivity contribution < 1.29 is 9.53 Å². The van der Waals surface area contributed by atoms with E-state index in [9.17, 15) is 4.79 Å². The van der Waals surface area contributed by atoms with Crippen molar-refractivity contribution in [3.63, 3.8) is 0 Å². The van der Waals surface area contributed by atoms with Gasteiger partial charge in [-0.1, -0.05) is 65.7 Å². The molecule has 0 saturated heterocycles. The summed E-state index contributed by atoms with van der Waals surface area (Å²) in [5.74, 6) is 0.515. The molecule has 3 aromatic rings. The Morgan fingerprint density at radius 3 is 2.34 bits per heavy atom. The molecule has 0 bridgehead atoms. The molecule has 2 N–H and O–H groups in total. The van der Waals surface area contributed by atoms with Crippen LogP contribution >= 0.6 is 23.2 Å². The summed E-state index contributed by atoms with van der Waals surface area (Å²) < 4.78 is 5.91. The molecule has 150 valence electrons. The monoisotopic (exact) mass is 428 g/mol. The molecule has 0 radical (unpaired) electrons. The summed E-state index contributed by atoms with van der Waals surface area (Å²) in [6, 6.07) is 22.8. The number of para-hydroxylation sites is 2. The normalized spacial score (nSPS) is 10.4. The van der Waals surface area contributed by atoms with Gasteiger partial charge in [0.1, 0.15) is 5.75 Å². The Morgan fingerprint density at radius 1 is 0.897 bits per heavy atom. The molecule has 0 heterocycles. The number of amides is 1.